The molecule has 0 radical (unpaired) electrons. The fraction of sp³-hybridized carbons (Fsp3) is 0.300. The number of aryl methyl sites for hydroxylation is 1. The van der Waals surface area contributed by atoms with Crippen LogP contribution in [0.1, 0.15) is 25.5 Å². The van der Waals surface area contributed by atoms with E-state index in [1.807, 2.05) is 20.8 Å². The number of sulfonamides is 1. The number of thiazole rings is 1. The molecule has 7 nitrogen and oxygen atoms in total. The molecule has 0 saturated carbocycles. The minimum Gasteiger partial charge on any atom is -0.324 e. The number of nitrogens with zero attached hydrogens (tertiary/aromatic N) is 2. The third-order valence-electron chi connectivity index (χ3n) is 4.53. The van der Waals surface area contributed by atoms with Crippen molar-refractivity contribution < 1.29 is 13.2 Å². The highest BCUT2D eigenvalue weighted by molar-refractivity contribution is 9.10. The van der Waals surface area contributed by atoms with E-state index in [2.05, 4.69) is 21.2 Å². The summed E-state index contributed by atoms with van der Waals surface area (Å²) in [5.74, 6) is -0.476. The molecule has 1 heterocycles. The Labute approximate surface area is 187 Å². The largest absolute Gasteiger partial charge is 0.324 e. The second kappa shape index (κ2) is 8.52. The maximum atomic E-state index is 12.6. The number of benzene rings is 2. The lowest BCUT2D eigenvalue weighted by Crippen LogP contribution is -2.37. The number of amides is 1. The summed E-state index contributed by atoms with van der Waals surface area (Å²) in [5.41, 5.74) is 2.58. The number of aromatic nitrogens is 1. The van der Waals surface area contributed by atoms with Gasteiger partial charge in [0.15, 0.2) is 0 Å². The number of halogens is 1. The molecular weight excluding hydrogens is 490 g/mol. The lowest BCUT2D eigenvalue weighted by Gasteiger charge is -2.22. The van der Waals surface area contributed by atoms with Gasteiger partial charge in [0.05, 0.1) is 22.2 Å². The van der Waals surface area contributed by atoms with Gasteiger partial charge >= 0.3 is 4.87 Å². The number of hydrogen-bond donors (Lipinski definition) is 1. The molecule has 0 aliphatic rings. The lowest BCUT2D eigenvalue weighted by molar-refractivity contribution is -0.114. The molecule has 3 rings (SSSR count). The topological polar surface area (TPSA) is 88.5 Å². The highest BCUT2D eigenvalue weighted by atomic mass is 79.9. The van der Waals surface area contributed by atoms with E-state index in [1.54, 1.807) is 41.0 Å². The minimum absolute atomic E-state index is 0.0318. The third kappa shape index (κ3) is 4.76. The molecule has 1 amide bonds. The van der Waals surface area contributed by atoms with Crippen LogP contribution in [-0.2, 0) is 14.8 Å². The molecule has 0 spiro atoms. The highest BCUT2D eigenvalue weighted by Gasteiger charge is 2.21. The molecule has 0 saturated heterocycles. The first kappa shape index (κ1) is 22.5. The summed E-state index contributed by atoms with van der Waals surface area (Å²) in [6, 6.07) is 10.3. The van der Waals surface area contributed by atoms with Gasteiger partial charge in [-0.05, 0) is 62.7 Å². The van der Waals surface area contributed by atoms with Crippen LogP contribution in [0.3, 0.4) is 0 Å². The maximum absolute atomic E-state index is 12.6. The molecule has 3 aromatic rings. The molecule has 0 bridgehead atoms. The van der Waals surface area contributed by atoms with Gasteiger partial charge in [-0.3, -0.25) is 18.5 Å². The van der Waals surface area contributed by atoms with Crippen molar-refractivity contribution in [3.8, 4) is 0 Å². The summed E-state index contributed by atoms with van der Waals surface area (Å²) in [4.78, 5) is 24.8. The van der Waals surface area contributed by atoms with Crippen LogP contribution in [0.25, 0.3) is 10.2 Å². The second-order valence-corrected chi connectivity index (χ2v) is 11.0. The quantitative estimate of drug-likeness (QED) is 0.538. The number of hydrogen-bond acceptors (Lipinski definition) is 5. The Morgan fingerprint density at radius 1 is 1.23 bits per heavy atom. The Morgan fingerprint density at radius 3 is 2.53 bits per heavy atom. The van der Waals surface area contributed by atoms with E-state index in [1.165, 1.54) is 0 Å². The van der Waals surface area contributed by atoms with Gasteiger partial charge in [0.1, 0.15) is 6.54 Å². The molecule has 1 aromatic heterocycles. The standard InChI is InChI=1S/C20H22BrN3O4S2/c1-12(2)24-17-8-5-14(10-18(17)29-20(24)26)22-19(25)11-23(30(4,27)28)15-6-7-16(21)13(3)9-15/h5-10,12H,11H2,1-4H3,(H,22,25). The van der Waals surface area contributed by atoms with Crippen molar-refractivity contribution in [2.24, 2.45) is 0 Å². The van der Waals surface area contributed by atoms with Gasteiger partial charge in [-0.2, -0.15) is 0 Å². The fourth-order valence-electron chi connectivity index (χ4n) is 3.12. The summed E-state index contributed by atoms with van der Waals surface area (Å²) < 4.78 is 29.0. The number of fused-ring (bicyclic) bond motifs is 1. The summed E-state index contributed by atoms with van der Waals surface area (Å²) in [7, 11) is -3.67. The van der Waals surface area contributed by atoms with Crippen molar-refractivity contribution in [3.63, 3.8) is 0 Å². The van der Waals surface area contributed by atoms with Crippen LogP contribution in [0.4, 0.5) is 11.4 Å². The number of nitrogens with one attached hydrogen (secondary N) is 1. The smallest absolute Gasteiger partial charge is 0.308 e. The zero-order valence-corrected chi connectivity index (χ0v) is 20.2. The first-order valence-electron chi connectivity index (χ1n) is 9.16. The van der Waals surface area contributed by atoms with Crippen molar-refractivity contribution in [2.75, 3.05) is 22.4 Å². The average Bonchev–Trinajstić information content (AvgIpc) is 2.96. The molecule has 0 fully saturated rings. The Hall–Kier alpha value is -2.17. The van der Waals surface area contributed by atoms with Crippen LogP contribution in [-0.4, -0.2) is 31.7 Å². The Balaban J connectivity index is 1.85. The van der Waals surface area contributed by atoms with Crippen molar-refractivity contribution in [1.29, 1.82) is 0 Å². The SMILES string of the molecule is Cc1cc(N(CC(=O)Nc2ccc3c(c2)sc(=O)n3C(C)C)S(C)(=O)=O)ccc1Br. The van der Waals surface area contributed by atoms with Crippen LogP contribution in [0.5, 0.6) is 0 Å². The van der Waals surface area contributed by atoms with Crippen molar-refractivity contribution >= 4 is 64.8 Å². The van der Waals surface area contributed by atoms with Crippen molar-refractivity contribution in [3.05, 3.63) is 56.1 Å². The molecule has 0 aliphatic heterocycles. The minimum atomic E-state index is -3.67. The number of carbonyl (C=O) groups is 1. The summed E-state index contributed by atoms with van der Waals surface area (Å²) in [6.45, 7) is 5.36. The molecule has 0 unspecified atom stereocenters. The van der Waals surface area contributed by atoms with Gasteiger partial charge in [-0.25, -0.2) is 8.42 Å². The molecule has 0 atom stereocenters. The first-order chi connectivity index (χ1) is 14.0. The van der Waals surface area contributed by atoms with Crippen molar-refractivity contribution in [1.82, 2.24) is 4.57 Å². The van der Waals surface area contributed by atoms with E-state index in [0.717, 1.165) is 42.2 Å². The summed E-state index contributed by atoms with van der Waals surface area (Å²) >= 11 is 4.50. The van der Waals surface area contributed by atoms with E-state index < -0.39 is 15.9 Å². The highest BCUT2D eigenvalue weighted by Crippen LogP contribution is 2.26. The van der Waals surface area contributed by atoms with Gasteiger partial charge in [0, 0.05) is 16.2 Å². The molecule has 0 aliphatic carbocycles. The van der Waals surface area contributed by atoms with Crippen LogP contribution in [0, 0.1) is 6.92 Å². The van der Waals surface area contributed by atoms with E-state index in [4.69, 9.17) is 0 Å². The van der Waals surface area contributed by atoms with Crippen LogP contribution in [0.2, 0.25) is 0 Å². The average molecular weight is 512 g/mol. The van der Waals surface area contributed by atoms with Gasteiger partial charge in [-0.15, -0.1) is 0 Å². The molecule has 10 heteroatoms. The predicted molar refractivity (Wildman–Crippen MR) is 126 cm³/mol. The molecular formula is C20H22BrN3O4S2. The van der Waals surface area contributed by atoms with E-state index in [9.17, 15) is 18.0 Å². The molecule has 160 valence electrons. The normalized spacial score (nSPS) is 11.8. The fourth-order valence-corrected chi connectivity index (χ4v) is 5.27. The van der Waals surface area contributed by atoms with Gasteiger partial charge in [0.2, 0.25) is 15.9 Å². The molecule has 1 N–H and O–H groups in total. The first-order valence-corrected chi connectivity index (χ1v) is 12.6. The van der Waals surface area contributed by atoms with Crippen molar-refractivity contribution in [2.45, 2.75) is 26.8 Å². The Morgan fingerprint density at radius 2 is 1.93 bits per heavy atom. The molecule has 2 aromatic carbocycles. The molecule has 30 heavy (non-hydrogen) atoms. The Kier molecular flexibility index (Phi) is 6.40. The number of carbonyl (C=O) groups excluding carboxylic acids is 1. The van der Waals surface area contributed by atoms with Gasteiger partial charge in [0.25, 0.3) is 0 Å². The van der Waals surface area contributed by atoms with E-state index in [-0.39, 0.29) is 17.5 Å². The predicted octanol–water partition coefficient (Wildman–Crippen LogP) is 4.12. The van der Waals surface area contributed by atoms with Crippen LogP contribution < -0.4 is 14.5 Å². The third-order valence-corrected chi connectivity index (χ3v) is 7.48. The second-order valence-electron chi connectivity index (χ2n) is 7.27. The zero-order valence-electron chi connectivity index (χ0n) is 17.0. The monoisotopic (exact) mass is 511 g/mol. The Bertz CT molecular complexity index is 1280. The van der Waals surface area contributed by atoms with E-state index >= 15 is 0 Å². The van der Waals surface area contributed by atoms with E-state index in [0.29, 0.717) is 11.4 Å². The van der Waals surface area contributed by atoms with Crippen LogP contribution in [0.15, 0.2) is 45.7 Å². The number of rotatable bonds is 6. The lowest BCUT2D eigenvalue weighted by atomic mass is 10.2. The summed E-state index contributed by atoms with van der Waals surface area (Å²) in [6.07, 6.45) is 1.07. The zero-order chi connectivity index (χ0) is 22.2. The summed E-state index contributed by atoms with van der Waals surface area (Å²) in [5, 5.41) is 2.73. The van der Waals surface area contributed by atoms with Gasteiger partial charge < -0.3 is 5.32 Å². The number of anilines is 2. The van der Waals surface area contributed by atoms with Crippen LogP contribution >= 0.6 is 27.3 Å². The maximum Gasteiger partial charge on any atom is 0.308 e. The van der Waals surface area contributed by atoms with Gasteiger partial charge in [-0.1, -0.05) is 27.3 Å².